The molecule has 41 heavy (non-hydrogen) atoms. The van der Waals surface area contributed by atoms with Crippen LogP contribution in [0.4, 0.5) is 35.1 Å². The third kappa shape index (κ3) is 5.15. The van der Waals surface area contributed by atoms with Crippen LogP contribution >= 0.6 is 0 Å². The molecule has 0 radical (unpaired) electrons. The van der Waals surface area contributed by atoms with E-state index in [2.05, 4.69) is 10.2 Å². The van der Waals surface area contributed by atoms with Crippen molar-refractivity contribution in [3.8, 4) is 0 Å². The van der Waals surface area contributed by atoms with Crippen LogP contribution in [0.1, 0.15) is 47.3 Å². The number of alkyl halides is 7. The van der Waals surface area contributed by atoms with Crippen molar-refractivity contribution in [3.63, 3.8) is 0 Å². The maximum Gasteiger partial charge on any atom is 0.435 e. The van der Waals surface area contributed by atoms with Gasteiger partial charge in [-0.3, -0.25) is 9.89 Å². The first-order chi connectivity index (χ1) is 18.8. The SMILES string of the molecule is Cc1n[nH]c(C)c1CC(=O)CC1CC(c2ccc(C(F)(C(F)(F)F)C(F)(F)F)cc2)(S(=O)(=O)c2ccc(F)cc2)C1. The van der Waals surface area contributed by atoms with Gasteiger partial charge in [-0.05, 0) is 62.4 Å². The molecule has 1 aromatic heterocycles. The van der Waals surface area contributed by atoms with Crippen LogP contribution in [0.2, 0.25) is 0 Å². The largest absolute Gasteiger partial charge is 0.435 e. The number of aromatic nitrogens is 2. The molecular formula is C27H24F8N2O3S. The van der Waals surface area contributed by atoms with Gasteiger partial charge in [-0.25, -0.2) is 17.2 Å². The molecule has 3 aromatic rings. The Bertz CT molecular complexity index is 1500. The molecule has 14 heteroatoms. The van der Waals surface area contributed by atoms with E-state index in [0.29, 0.717) is 17.0 Å². The van der Waals surface area contributed by atoms with E-state index in [1.807, 2.05) is 0 Å². The highest BCUT2D eigenvalue weighted by Crippen LogP contribution is 2.57. The van der Waals surface area contributed by atoms with Crippen LogP contribution in [0.5, 0.6) is 0 Å². The van der Waals surface area contributed by atoms with Crippen molar-refractivity contribution >= 4 is 15.6 Å². The monoisotopic (exact) mass is 608 g/mol. The summed E-state index contributed by atoms with van der Waals surface area (Å²) in [4.78, 5) is 12.4. The highest BCUT2D eigenvalue weighted by Gasteiger charge is 2.73. The number of rotatable bonds is 8. The van der Waals surface area contributed by atoms with Crippen LogP contribution in [0.3, 0.4) is 0 Å². The fourth-order valence-electron chi connectivity index (χ4n) is 5.38. The topological polar surface area (TPSA) is 79.9 Å². The predicted molar refractivity (Wildman–Crippen MR) is 131 cm³/mol. The average molecular weight is 609 g/mol. The lowest BCUT2D eigenvalue weighted by Crippen LogP contribution is -2.50. The number of H-pyrrole nitrogens is 1. The van der Waals surface area contributed by atoms with Crippen molar-refractivity contribution in [3.05, 3.63) is 82.4 Å². The Kier molecular flexibility index (Phi) is 7.64. The van der Waals surface area contributed by atoms with Crippen LogP contribution in [0.15, 0.2) is 53.4 Å². The summed E-state index contributed by atoms with van der Waals surface area (Å²) in [5.74, 6) is -1.44. The fourth-order valence-corrected chi connectivity index (χ4v) is 7.69. The van der Waals surface area contributed by atoms with Gasteiger partial charge in [-0.2, -0.15) is 31.4 Å². The zero-order chi connectivity index (χ0) is 30.6. The maximum atomic E-state index is 14.6. The molecule has 0 bridgehead atoms. The van der Waals surface area contributed by atoms with Crippen molar-refractivity contribution in [2.24, 2.45) is 5.92 Å². The highest BCUT2D eigenvalue weighted by atomic mass is 32.2. The number of carbonyl (C=O) groups excluding carboxylic acids is 1. The number of halogens is 8. The number of ketones is 1. The molecule has 0 amide bonds. The Labute approximate surface area is 229 Å². The molecule has 0 aliphatic heterocycles. The lowest BCUT2D eigenvalue weighted by atomic mass is 9.68. The number of nitrogens with one attached hydrogen (secondary N) is 1. The summed E-state index contributed by atoms with van der Waals surface area (Å²) < 4.78 is 133. The van der Waals surface area contributed by atoms with Gasteiger partial charge in [0.1, 0.15) is 16.3 Å². The van der Waals surface area contributed by atoms with Crippen LogP contribution in [0, 0.1) is 25.6 Å². The molecule has 1 heterocycles. The Morgan fingerprint density at radius 1 is 0.927 bits per heavy atom. The first-order valence-corrected chi connectivity index (χ1v) is 13.8. The zero-order valence-corrected chi connectivity index (χ0v) is 22.4. The number of aromatic amines is 1. The van der Waals surface area contributed by atoms with E-state index >= 15 is 0 Å². The van der Waals surface area contributed by atoms with Gasteiger partial charge in [0.15, 0.2) is 9.84 Å². The minimum atomic E-state index is -6.34. The van der Waals surface area contributed by atoms with Crippen molar-refractivity contribution in [1.29, 1.82) is 0 Å². The molecule has 1 aliphatic carbocycles. The third-order valence-electron chi connectivity index (χ3n) is 7.64. The van der Waals surface area contributed by atoms with E-state index in [0.717, 1.165) is 36.4 Å². The number of hydrogen-bond acceptors (Lipinski definition) is 4. The number of Topliss-reactive ketones (excluding diaryl/α,β-unsaturated/α-hetero) is 1. The summed E-state index contributed by atoms with van der Waals surface area (Å²) in [6, 6.07) is 5.73. The zero-order valence-electron chi connectivity index (χ0n) is 21.6. The predicted octanol–water partition coefficient (Wildman–Crippen LogP) is 6.74. The molecule has 222 valence electrons. The van der Waals surface area contributed by atoms with Crippen molar-refractivity contribution in [2.45, 2.75) is 67.2 Å². The van der Waals surface area contributed by atoms with Crippen molar-refractivity contribution in [1.82, 2.24) is 10.2 Å². The van der Waals surface area contributed by atoms with Gasteiger partial charge in [0.2, 0.25) is 0 Å². The molecule has 0 spiro atoms. The number of aryl methyl sites for hydroxylation is 2. The molecule has 1 aliphatic rings. The van der Waals surface area contributed by atoms with Crippen molar-refractivity contribution < 1.29 is 48.3 Å². The summed E-state index contributed by atoms with van der Waals surface area (Å²) in [5.41, 5.74) is -5.60. The molecular weight excluding hydrogens is 584 g/mol. The quantitative estimate of drug-likeness (QED) is 0.227. The van der Waals surface area contributed by atoms with E-state index in [-0.39, 0.29) is 54.1 Å². The van der Waals surface area contributed by atoms with E-state index in [4.69, 9.17) is 0 Å². The summed E-state index contributed by atoms with van der Waals surface area (Å²) in [7, 11) is -4.40. The summed E-state index contributed by atoms with van der Waals surface area (Å²) in [6.07, 6.45) is -13.1. The molecule has 4 rings (SSSR count). The van der Waals surface area contributed by atoms with Crippen LogP contribution in [0.25, 0.3) is 0 Å². The normalized spacial score (nSPS) is 20.1. The van der Waals surface area contributed by atoms with E-state index in [1.165, 1.54) is 0 Å². The summed E-state index contributed by atoms with van der Waals surface area (Å²) >= 11 is 0. The molecule has 2 aromatic carbocycles. The second kappa shape index (κ2) is 10.2. The molecule has 1 saturated carbocycles. The molecule has 1 fully saturated rings. The van der Waals surface area contributed by atoms with Gasteiger partial charge >= 0.3 is 18.0 Å². The Hall–Kier alpha value is -3.29. The number of sulfone groups is 1. The highest BCUT2D eigenvalue weighted by molar-refractivity contribution is 7.92. The number of benzene rings is 2. The Balaban J connectivity index is 1.69. The first kappa shape index (κ1) is 30.7. The number of nitrogens with zero attached hydrogens (tertiary/aromatic N) is 1. The standard InChI is InChI=1S/C27H24F8N2O3S/c1-15-23(16(2)37-36-15)12-21(38)11-17-13-24(14-17,41(39,40)22-9-7-20(28)8-10-22)18-3-5-19(6-4-18)25(29,26(30,31)32)27(33,34)35/h3-10,17H,11-14H2,1-2H3,(H,36,37). The first-order valence-electron chi connectivity index (χ1n) is 12.3. The minimum Gasteiger partial charge on any atom is -0.299 e. The molecule has 0 saturated heterocycles. The Morgan fingerprint density at radius 3 is 1.93 bits per heavy atom. The smallest absolute Gasteiger partial charge is 0.299 e. The minimum absolute atomic E-state index is 0.0323. The second-order valence-electron chi connectivity index (χ2n) is 10.3. The number of hydrogen-bond donors (Lipinski definition) is 1. The molecule has 5 nitrogen and oxygen atoms in total. The van der Waals surface area contributed by atoms with Gasteiger partial charge < -0.3 is 0 Å². The second-order valence-corrected chi connectivity index (χ2v) is 12.5. The van der Waals surface area contributed by atoms with E-state index < -0.39 is 49.9 Å². The molecule has 0 atom stereocenters. The van der Waals surface area contributed by atoms with E-state index in [1.54, 1.807) is 13.8 Å². The Morgan fingerprint density at radius 2 is 1.46 bits per heavy atom. The summed E-state index contributed by atoms with van der Waals surface area (Å²) in [5, 5.41) is 6.78. The van der Waals surface area contributed by atoms with Gasteiger partial charge in [-0.1, -0.05) is 24.3 Å². The van der Waals surface area contributed by atoms with E-state index in [9.17, 15) is 48.3 Å². The average Bonchev–Trinajstić information content (AvgIpc) is 3.16. The summed E-state index contributed by atoms with van der Waals surface area (Å²) in [6.45, 7) is 3.45. The molecule has 1 N–H and O–H groups in total. The maximum absolute atomic E-state index is 14.6. The fraction of sp³-hybridized carbons (Fsp3) is 0.407. The van der Waals surface area contributed by atoms with Crippen molar-refractivity contribution in [2.75, 3.05) is 0 Å². The third-order valence-corrected chi connectivity index (χ3v) is 10.1. The molecule has 0 unspecified atom stereocenters. The lowest BCUT2D eigenvalue weighted by molar-refractivity contribution is -0.348. The van der Waals surface area contributed by atoms with Gasteiger partial charge in [0.25, 0.3) is 0 Å². The lowest BCUT2D eigenvalue weighted by Gasteiger charge is -2.47. The number of carbonyl (C=O) groups is 1. The van der Waals surface area contributed by atoms with Crippen LogP contribution in [-0.2, 0) is 31.5 Å². The van der Waals surface area contributed by atoms with Crippen LogP contribution < -0.4 is 0 Å². The van der Waals surface area contributed by atoms with Gasteiger partial charge in [0, 0.05) is 29.7 Å². The van der Waals surface area contributed by atoms with Crippen LogP contribution in [-0.4, -0.2) is 36.8 Å². The van der Waals surface area contributed by atoms with Gasteiger partial charge in [0.05, 0.1) is 10.6 Å². The van der Waals surface area contributed by atoms with Gasteiger partial charge in [-0.15, -0.1) is 0 Å².